The van der Waals surface area contributed by atoms with Gasteiger partial charge in [0.2, 0.25) is 5.91 Å². The van der Waals surface area contributed by atoms with Gasteiger partial charge in [0.05, 0.1) is 11.2 Å². The molecule has 1 aliphatic carbocycles. The van der Waals surface area contributed by atoms with Crippen LogP contribution in [0.25, 0.3) is 22.7 Å². The van der Waals surface area contributed by atoms with Crippen molar-refractivity contribution in [1.29, 1.82) is 0 Å². The Hall–Kier alpha value is -4.30. The van der Waals surface area contributed by atoms with Crippen LogP contribution in [-0.2, 0) is 11.3 Å². The van der Waals surface area contributed by atoms with Crippen LogP contribution in [0.3, 0.4) is 0 Å². The molecule has 4 aromatic rings. The van der Waals surface area contributed by atoms with Crippen molar-refractivity contribution in [2.45, 2.75) is 44.7 Å². The number of hydrogen-bond donors (Lipinski definition) is 1. The molecular weight excluding hydrogens is 512 g/mol. The molecule has 41 heavy (non-hydrogen) atoms. The molecule has 1 saturated heterocycles. The number of nitrogens with one attached hydrogen (secondary N) is 1. The predicted molar refractivity (Wildman–Crippen MR) is 161 cm³/mol. The quantitative estimate of drug-likeness (QED) is 0.334. The third kappa shape index (κ3) is 6.23. The van der Waals surface area contributed by atoms with Crippen LogP contribution in [0.15, 0.2) is 79.1 Å². The molecule has 3 heterocycles. The molecule has 2 aliphatic rings. The third-order valence-corrected chi connectivity index (χ3v) is 8.24. The molecule has 6 rings (SSSR count). The largest absolute Gasteiger partial charge is 0.348 e. The topological polar surface area (TPSA) is 83.4 Å². The molecule has 2 aromatic carbocycles. The lowest BCUT2D eigenvalue weighted by molar-refractivity contribution is -0.116. The van der Waals surface area contributed by atoms with E-state index in [1.165, 1.54) is 38.2 Å². The molecule has 2 aromatic heterocycles. The first-order valence-electron chi connectivity index (χ1n) is 14.6. The predicted octanol–water partition coefficient (Wildman–Crippen LogP) is 4.84. The summed E-state index contributed by atoms with van der Waals surface area (Å²) < 4.78 is 1.84. The number of hydrogen-bond acceptors (Lipinski definition) is 5. The third-order valence-electron chi connectivity index (χ3n) is 8.24. The molecule has 210 valence electrons. The maximum Gasteiger partial charge on any atom is 0.275 e. The van der Waals surface area contributed by atoms with Gasteiger partial charge >= 0.3 is 0 Å². The van der Waals surface area contributed by atoms with Crippen LogP contribution in [0.5, 0.6) is 0 Å². The highest BCUT2D eigenvalue weighted by Gasteiger charge is 2.29. The first-order chi connectivity index (χ1) is 20.2. The summed E-state index contributed by atoms with van der Waals surface area (Å²) >= 11 is 0. The Labute approximate surface area is 240 Å². The fourth-order valence-corrected chi connectivity index (χ4v) is 5.96. The van der Waals surface area contributed by atoms with E-state index in [9.17, 15) is 9.59 Å². The molecule has 1 aliphatic heterocycles. The van der Waals surface area contributed by atoms with Crippen LogP contribution in [-0.4, -0.2) is 68.6 Å². The minimum Gasteiger partial charge on any atom is -0.348 e. The van der Waals surface area contributed by atoms with Crippen molar-refractivity contribution in [1.82, 2.24) is 29.9 Å². The maximum absolute atomic E-state index is 13.7. The molecule has 0 bridgehead atoms. The number of carbonyl (C=O) groups is 2. The summed E-state index contributed by atoms with van der Waals surface area (Å²) in [6, 6.07) is 20.2. The standard InChI is InChI=1S/C33H36N6O2/c40-31(35-24-26-7-6-18-34-23-26)17-14-25-12-15-28(16-13-25)39-30-11-5-4-10-29(30)32(36-39)33(41)38-21-19-37(20-22-38)27-8-2-1-3-9-27/h4-7,10-18,23,27H,1-3,8-9,19-22,24H2,(H,35,40)/b17-14+. The molecule has 2 amide bonds. The zero-order chi connectivity index (χ0) is 28.0. The van der Waals surface area contributed by atoms with Crippen molar-refractivity contribution in [2.75, 3.05) is 26.2 Å². The number of piperazine rings is 1. The van der Waals surface area contributed by atoms with Gasteiger partial charge in [0.25, 0.3) is 5.91 Å². The van der Waals surface area contributed by atoms with Crippen LogP contribution < -0.4 is 5.32 Å². The average molecular weight is 549 g/mol. The number of aromatic nitrogens is 3. The molecule has 0 unspecified atom stereocenters. The Bertz CT molecular complexity index is 1510. The zero-order valence-corrected chi connectivity index (χ0v) is 23.3. The van der Waals surface area contributed by atoms with Crippen LogP contribution in [0.4, 0.5) is 0 Å². The molecule has 0 spiro atoms. The van der Waals surface area contributed by atoms with Crippen molar-refractivity contribution in [2.24, 2.45) is 0 Å². The zero-order valence-electron chi connectivity index (χ0n) is 23.3. The number of fused-ring (bicyclic) bond motifs is 1. The van der Waals surface area contributed by atoms with Gasteiger partial charge < -0.3 is 10.2 Å². The Morgan fingerprint density at radius 3 is 2.44 bits per heavy atom. The first kappa shape index (κ1) is 26.9. The molecule has 1 N–H and O–H groups in total. The van der Waals surface area contributed by atoms with E-state index in [0.29, 0.717) is 18.3 Å². The van der Waals surface area contributed by atoms with Gasteiger partial charge in [-0.05, 0) is 54.3 Å². The normalized spacial score (nSPS) is 16.8. The molecule has 0 radical (unpaired) electrons. The highest BCUT2D eigenvalue weighted by molar-refractivity contribution is 6.05. The lowest BCUT2D eigenvalue weighted by Gasteiger charge is -2.40. The lowest BCUT2D eigenvalue weighted by Crippen LogP contribution is -2.52. The Balaban J connectivity index is 1.13. The summed E-state index contributed by atoms with van der Waals surface area (Å²) in [6.07, 6.45) is 13.3. The van der Waals surface area contributed by atoms with Crippen LogP contribution >= 0.6 is 0 Å². The van der Waals surface area contributed by atoms with Gasteiger partial charge in [-0.1, -0.05) is 55.7 Å². The summed E-state index contributed by atoms with van der Waals surface area (Å²) in [4.78, 5) is 34.5. The monoisotopic (exact) mass is 548 g/mol. The Morgan fingerprint density at radius 1 is 0.902 bits per heavy atom. The van der Waals surface area contributed by atoms with Crippen molar-refractivity contribution in [3.05, 3.63) is 96.0 Å². The van der Waals surface area contributed by atoms with Crippen molar-refractivity contribution in [3.8, 4) is 5.69 Å². The minimum atomic E-state index is -0.168. The van der Waals surface area contributed by atoms with E-state index in [2.05, 4.69) is 15.2 Å². The second-order valence-electron chi connectivity index (χ2n) is 10.9. The van der Waals surface area contributed by atoms with Gasteiger partial charge in [-0.3, -0.25) is 19.5 Å². The maximum atomic E-state index is 13.7. The molecule has 8 nitrogen and oxygen atoms in total. The van der Waals surface area contributed by atoms with E-state index in [-0.39, 0.29) is 11.8 Å². The fraction of sp³-hybridized carbons (Fsp3) is 0.333. The Morgan fingerprint density at radius 2 is 1.68 bits per heavy atom. The number of para-hydroxylation sites is 1. The fourth-order valence-electron chi connectivity index (χ4n) is 5.96. The Kier molecular flexibility index (Phi) is 8.18. The number of nitrogens with zero attached hydrogens (tertiary/aromatic N) is 5. The summed E-state index contributed by atoms with van der Waals surface area (Å²) in [5, 5.41) is 8.56. The van der Waals surface area contributed by atoms with Gasteiger partial charge in [-0.15, -0.1) is 0 Å². The smallest absolute Gasteiger partial charge is 0.275 e. The van der Waals surface area contributed by atoms with Crippen LogP contribution in [0.2, 0.25) is 0 Å². The van der Waals surface area contributed by atoms with Gasteiger partial charge in [-0.25, -0.2) is 4.68 Å². The highest BCUT2D eigenvalue weighted by atomic mass is 16.2. The summed E-state index contributed by atoms with van der Waals surface area (Å²) in [5.74, 6) is -0.168. The molecule has 2 fully saturated rings. The van der Waals surface area contributed by atoms with E-state index < -0.39 is 0 Å². The van der Waals surface area contributed by atoms with Crippen LogP contribution in [0.1, 0.15) is 53.7 Å². The number of benzene rings is 2. The molecule has 0 atom stereocenters. The lowest BCUT2D eigenvalue weighted by atomic mass is 9.94. The first-order valence-corrected chi connectivity index (χ1v) is 14.6. The minimum absolute atomic E-state index is 0.0000870. The van der Waals surface area contributed by atoms with E-state index in [4.69, 9.17) is 5.10 Å². The number of rotatable bonds is 7. The van der Waals surface area contributed by atoms with E-state index >= 15 is 0 Å². The molecular formula is C33H36N6O2. The molecule has 8 heteroatoms. The number of pyridine rings is 1. The second kappa shape index (κ2) is 12.5. The number of carbonyl (C=O) groups excluding carboxylic acids is 2. The summed E-state index contributed by atoms with van der Waals surface area (Å²) in [7, 11) is 0. The SMILES string of the molecule is O=C(/C=C/c1ccc(-n2nc(C(=O)N3CCN(C4CCCCC4)CC3)c3ccccc32)cc1)NCc1cccnc1. The van der Waals surface area contributed by atoms with Gasteiger partial charge in [-0.2, -0.15) is 5.10 Å². The second-order valence-corrected chi connectivity index (χ2v) is 10.9. The van der Waals surface area contributed by atoms with Crippen molar-refractivity contribution >= 4 is 28.8 Å². The molecule has 1 saturated carbocycles. The van der Waals surface area contributed by atoms with E-state index in [1.54, 1.807) is 18.5 Å². The summed E-state index contributed by atoms with van der Waals surface area (Å²) in [6.45, 7) is 3.79. The van der Waals surface area contributed by atoms with Gasteiger partial charge in [0.1, 0.15) is 0 Å². The van der Waals surface area contributed by atoms with Gasteiger partial charge in [0.15, 0.2) is 5.69 Å². The average Bonchev–Trinajstić information content (AvgIpc) is 3.43. The number of amides is 2. The van der Waals surface area contributed by atoms with Gasteiger partial charge in [0, 0.05) is 62.6 Å². The highest BCUT2D eigenvalue weighted by Crippen LogP contribution is 2.26. The van der Waals surface area contributed by atoms with Crippen LogP contribution in [0, 0.1) is 0 Å². The van der Waals surface area contributed by atoms with Crippen molar-refractivity contribution < 1.29 is 9.59 Å². The van der Waals surface area contributed by atoms with Crippen molar-refractivity contribution in [3.63, 3.8) is 0 Å². The van der Waals surface area contributed by atoms with E-state index in [1.807, 2.05) is 70.2 Å². The van der Waals surface area contributed by atoms with E-state index in [0.717, 1.165) is 53.9 Å². The summed E-state index contributed by atoms with van der Waals surface area (Å²) in [5.41, 5.74) is 4.11.